The van der Waals surface area contributed by atoms with Crippen LogP contribution in [-0.2, 0) is 0 Å². The molecule has 0 unspecified atom stereocenters. The summed E-state index contributed by atoms with van der Waals surface area (Å²) in [6.07, 6.45) is 0. The van der Waals surface area contributed by atoms with Gasteiger partial charge in [-0.05, 0) is 0 Å². The molecule has 0 spiro atoms. The monoisotopic (exact) mass is 114 g/mol. The quantitative estimate of drug-likeness (QED) is 0.449. The second kappa shape index (κ2) is 29400. The SMILES string of the molecule is C.C.C.C.C.CF. The largest absolute Gasteiger partial charge is 0.255 e. The zero-order valence-corrected chi connectivity index (χ0v) is 1.38. The van der Waals surface area contributed by atoms with E-state index in [0.29, 0.717) is 7.18 Å². The molecule has 0 rings (SSSR count). The molecule has 0 radical (unpaired) electrons. The van der Waals surface area contributed by atoms with Crippen molar-refractivity contribution in [2.45, 2.75) is 37.1 Å². The maximum absolute atomic E-state index is 9.50. The van der Waals surface area contributed by atoms with Crippen molar-refractivity contribution in [3.8, 4) is 0 Å². The van der Waals surface area contributed by atoms with Crippen LogP contribution < -0.4 is 0 Å². The molecule has 0 bridgehead atoms. The molecule has 0 saturated carbocycles. The summed E-state index contributed by atoms with van der Waals surface area (Å²) >= 11 is 0. The van der Waals surface area contributed by atoms with Crippen molar-refractivity contribution in [1.29, 1.82) is 0 Å². The average molecular weight is 114 g/mol. The Morgan fingerprint density at radius 3 is 0.571 bits per heavy atom. The highest BCUT2D eigenvalue weighted by Crippen LogP contribution is 1.16. The standard InChI is InChI=1S/CH3F.5CH4/c1-2;;;;;/h1H3;5*1H4. The van der Waals surface area contributed by atoms with Crippen LogP contribution in [0.1, 0.15) is 37.1 Å². The first-order valence-electron chi connectivity index (χ1n) is 0.378. The van der Waals surface area contributed by atoms with Crippen LogP contribution in [0.5, 0.6) is 0 Å². The Balaban J connectivity index is -0.000000000500. The Morgan fingerprint density at radius 1 is 0.571 bits per heavy atom. The van der Waals surface area contributed by atoms with Gasteiger partial charge < -0.3 is 0 Å². The number of hydrogen-bond acceptors (Lipinski definition) is 0. The first-order valence-corrected chi connectivity index (χ1v) is 0.378. The lowest BCUT2D eigenvalue weighted by Crippen LogP contribution is -0.939. The Hall–Kier alpha value is -0.0700. The van der Waals surface area contributed by atoms with Crippen LogP contribution in [0.4, 0.5) is 4.39 Å². The molecular formula is C6H23F. The first kappa shape index (κ1) is 282. The van der Waals surface area contributed by atoms with Crippen LogP contribution in [0, 0.1) is 0 Å². The molecule has 0 amide bonds. The van der Waals surface area contributed by atoms with Gasteiger partial charge in [0, 0.05) is 0 Å². The molecule has 0 N–H and O–H groups in total. The second-order valence-electron chi connectivity index (χ2n) is 0. The average Bonchev–Trinajstić information content (AvgIpc) is 1.00. The Morgan fingerprint density at radius 2 is 0.571 bits per heavy atom. The van der Waals surface area contributed by atoms with Gasteiger partial charge in [0.15, 0.2) is 0 Å². The van der Waals surface area contributed by atoms with Crippen LogP contribution >= 0.6 is 0 Å². The van der Waals surface area contributed by atoms with Gasteiger partial charge >= 0.3 is 0 Å². The summed E-state index contributed by atoms with van der Waals surface area (Å²) in [5, 5.41) is 0. The maximum atomic E-state index is 9.50. The third kappa shape index (κ3) is 18700. The minimum absolute atomic E-state index is 0. The normalized spacial score (nSPS) is 0.857. The highest BCUT2D eigenvalue weighted by atomic mass is 19.1. The molecule has 7 heavy (non-hydrogen) atoms. The third-order valence-electron chi connectivity index (χ3n) is 0. The molecule has 0 saturated heterocycles. The fourth-order valence-electron chi connectivity index (χ4n) is 0. The molecule has 1 heteroatoms. The smallest absolute Gasteiger partial charge is 0.0785 e. The van der Waals surface area contributed by atoms with Crippen LogP contribution in [-0.4, -0.2) is 7.18 Å². The summed E-state index contributed by atoms with van der Waals surface area (Å²) in [6.45, 7) is 0. The lowest BCUT2D eigenvalue weighted by molar-refractivity contribution is 0.636. The summed E-state index contributed by atoms with van der Waals surface area (Å²) in [5.41, 5.74) is 0. The zero-order valence-electron chi connectivity index (χ0n) is 1.38. The summed E-state index contributed by atoms with van der Waals surface area (Å²) in [7, 11) is 0.500. The summed E-state index contributed by atoms with van der Waals surface area (Å²) < 4.78 is 9.50. The van der Waals surface area contributed by atoms with Gasteiger partial charge in [-0.15, -0.1) is 0 Å². The predicted octanol–water partition coefficient (Wildman–Crippen LogP) is 3.77. The van der Waals surface area contributed by atoms with Crippen molar-refractivity contribution in [2.24, 2.45) is 0 Å². The van der Waals surface area contributed by atoms with Gasteiger partial charge in [0.05, 0.1) is 7.18 Å². The lowest BCUT2D eigenvalue weighted by Gasteiger charge is -1.10. The van der Waals surface area contributed by atoms with E-state index in [4.69, 9.17) is 0 Å². The molecule has 0 aliphatic heterocycles. The van der Waals surface area contributed by atoms with Crippen molar-refractivity contribution in [3.63, 3.8) is 0 Å². The maximum Gasteiger partial charge on any atom is 0.0785 e. The van der Waals surface area contributed by atoms with Crippen molar-refractivity contribution >= 4 is 0 Å². The van der Waals surface area contributed by atoms with Crippen molar-refractivity contribution in [1.82, 2.24) is 0 Å². The Labute approximate surface area is 49.8 Å². The zero-order chi connectivity index (χ0) is 2.00. The van der Waals surface area contributed by atoms with Crippen LogP contribution in [0.2, 0.25) is 0 Å². The molecular weight excluding hydrogens is 91.1 g/mol. The van der Waals surface area contributed by atoms with Crippen molar-refractivity contribution in [3.05, 3.63) is 0 Å². The fourth-order valence-corrected chi connectivity index (χ4v) is 0. The van der Waals surface area contributed by atoms with Crippen LogP contribution in [0.25, 0.3) is 0 Å². The van der Waals surface area contributed by atoms with Gasteiger partial charge in [0.25, 0.3) is 0 Å². The topological polar surface area (TPSA) is 0 Å². The van der Waals surface area contributed by atoms with Gasteiger partial charge in [0.1, 0.15) is 0 Å². The molecule has 0 aromatic rings. The van der Waals surface area contributed by atoms with E-state index < -0.39 is 0 Å². The predicted molar refractivity (Wildman–Crippen MR) is 40.7 cm³/mol. The summed E-state index contributed by atoms with van der Waals surface area (Å²) in [5.74, 6) is 0. The van der Waals surface area contributed by atoms with E-state index in [9.17, 15) is 4.39 Å². The van der Waals surface area contributed by atoms with Crippen LogP contribution in [0.3, 0.4) is 0 Å². The van der Waals surface area contributed by atoms with E-state index in [1.165, 1.54) is 0 Å². The van der Waals surface area contributed by atoms with Crippen molar-refractivity contribution in [2.75, 3.05) is 7.18 Å². The van der Waals surface area contributed by atoms with Gasteiger partial charge in [-0.1, -0.05) is 37.1 Å². The highest BCUT2D eigenvalue weighted by molar-refractivity contribution is 3.23. The lowest BCUT2D eigenvalue weighted by atomic mass is 11.9. The summed E-state index contributed by atoms with van der Waals surface area (Å²) in [4.78, 5) is 0. The Bertz CT molecular complexity index is 4.14. The molecule has 0 aromatic heterocycles. The minimum atomic E-state index is 0. The highest BCUT2D eigenvalue weighted by Gasteiger charge is 0.926. The minimum Gasteiger partial charge on any atom is -0.255 e. The first-order chi connectivity index (χ1) is 1.00. The van der Waals surface area contributed by atoms with E-state index in [-0.39, 0.29) is 37.1 Å². The summed E-state index contributed by atoms with van der Waals surface area (Å²) in [6, 6.07) is 0. The fraction of sp³-hybridized carbons (Fsp3) is 1.00. The van der Waals surface area contributed by atoms with Crippen LogP contribution in [0.15, 0.2) is 0 Å². The molecule has 0 aromatic carbocycles. The van der Waals surface area contributed by atoms with Crippen molar-refractivity contribution < 1.29 is 4.39 Å². The number of hydrogen-bond donors (Lipinski definition) is 0. The van der Waals surface area contributed by atoms with E-state index in [2.05, 4.69) is 0 Å². The molecule has 0 atom stereocenters. The molecule has 0 nitrogen and oxygen atoms in total. The van der Waals surface area contributed by atoms with Gasteiger partial charge in [-0.25, -0.2) is 0 Å². The van der Waals surface area contributed by atoms with E-state index in [0.717, 1.165) is 0 Å². The Kier molecular flexibility index (Phi) is 1180000. The molecule has 0 heterocycles. The number of halogens is 1. The third-order valence-corrected chi connectivity index (χ3v) is 0. The van der Waals surface area contributed by atoms with Gasteiger partial charge in [-0.2, -0.15) is 0 Å². The van der Waals surface area contributed by atoms with Gasteiger partial charge in [-0.3, -0.25) is 4.39 Å². The van der Waals surface area contributed by atoms with E-state index >= 15 is 0 Å². The number of alkyl halides is 1. The molecule has 0 aliphatic carbocycles. The molecule has 0 aliphatic rings. The second-order valence-corrected chi connectivity index (χ2v) is 0. The van der Waals surface area contributed by atoms with E-state index in [1.807, 2.05) is 0 Å². The molecule has 54 valence electrons. The molecule has 0 fully saturated rings. The number of rotatable bonds is 0. The van der Waals surface area contributed by atoms with E-state index in [1.54, 1.807) is 0 Å². The van der Waals surface area contributed by atoms with Gasteiger partial charge in [0.2, 0.25) is 0 Å².